The maximum Gasteiger partial charge on any atom is 0.0790 e. The molecule has 2 aromatic rings. The van der Waals surface area contributed by atoms with Crippen molar-refractivity contribution >= 4 is 11.6 Å². The third kappa shape index (κ3) is 2.23. The zero-order valence-corrected chi connectivity index (χ0v) is 9.99. The van der Waals surface area contributed by atoms with Crippen LogP contribution in [0.15, 0.2) is 24.7 Å². The second-order valence-electron chi connectivity index (χ2n) is 3.59. The van der Waals surface area contributed by atoms with Gasteiger partial charge in [0.15, 0.2) is 0 Å². The van der Waals surface area contributed by atoms with Crippen LogP contribution in [0, 0.1) is 6.92 Å². The summed E-state index contributed by atoms with van der Waals surface area (Å²) in [6.45, 7) is 2.71. The lowest BCUT2D eigenvalue weighted by Gasteiger charge is -2.09. The Kier molecular flexibility index (Phi) is 3.22. The van der Waals surface area contributed by atoms with Gasteiger partial charge in [-0.3, -0.25) is 4.98 Å². The van der Waals surface area contributed by atoms with Crippen molar-refractivity contribution in [3.05, 3.63) is 40.9 Å². The summed E-state index contributed by atoms with van der Waals surface area (Å²) >= 11 is 5.86. The van der Waals surface area contributed by atoms with E-state index in [-0.39, 0.29) is 0 Å². The smallest absolute Gasteiger partial charge is 0.0790 e. The number of halogens is 1. The van der Waals surface area contributed by atoms with Gasteiger partial charge in [-0.1, -0.05) is 11.6 Å². The van der Waals surface area contributed by atoms with E-state index in [0.717, 1.165) is 23.5 Å². The Morgan fingerprint density at radius 2 is 2.25 bits per heavy atom. The number of nitrogens with zero attached hydrogens (tertiary/aromatic N) is 3. The number of nitrogens with one attached hydrogen (secondary N) is 1. The van der Waals surface area contributed by atoms with Crippen LogP contribution in [0.1, 0.15) is 11.3 Å². The molecule has 0 unspecified atom stereocenters. The fourth-order valence-electron chi connectivity index (χ4n) is 1.55. The molecule has 16 heavy (non-hydrogen) atoms. The van der Waals surface area contributed by atoms with Crippen LogP contribution in [0.3, 0.4) is 0 Å². The van der Waals surface area contributed by atoms with E-state index in [1.54, 1.807) is 17.1 Å². The lowest BCUT2D eigenvalue weighted by Crippen LogP contribution is -2.10. The van der Waals surface area contributed by atoms with Gasteiger partial charge in [0.1, 0.15) is 0 Å². The molecular formula is C11H13ClN4. The van der Waals surface area contributed by atoms with Gasteiger partial charge < -0.3 is 5.32 Å². The Morgan fingerprint density at radius 3 is 2.88 bits per heavy atom. The molecule has 0 amide bonds. The number of aryl methyl sites for hydroxylation is 1. The molecule has 0 radical (unpaired) electrons. The Bertz CT molecular complexity index is 492. The van der Waals surface area contributed by atoms with E-state index in [1.165, 1.54) is 0 Å². The van der Waals surface area contributed by atoms with E-state index >= 15 is 0 Å². The minimum atomic E-state index is 0.630. The van der Waals surface area contributed by atoms with Crippen molar-refractivity contribution in [1.29, 1.82) is 0 Å². The molecule has 0 fully saturated rings. The van der Waals surface area contributed by atoms with Gasteiger partial charge in [0.05, 0.1) is 16.9 Å². The highest BCUT2D eigenvalue weighted by atomic mass is 35.5. The molecule has 1 N–H and O–H groups in total. The molecule has 0 saturated heterocycles. The molecule has 84 valence electrons. The second-order valence-corrected chi connectivity index (χ2v) is 4.02. The highest BCUT2D eigenvalue weighted by Crippen LogP contribution is 2.16. The molecule has 5 heteroatoms. The predicted octanol–water partition coefficient (Wildman–Crippen LogP) is 1.95. The molecule has 2 heterocycles. The summed E-state index contributed by atoms with van der Waals surface area (Å²) in [5.74, 6) is 0. The molecule has 0 saturated carbocycles. The van der Waals surface area contributed by atoms with Crippen LogP contribution in [0.5, 0.6) is 0 Å². The lowest BCUT2D eigenvalue weighted by atomic mass is 10.2. The van der Waals surface area contributed by atoms with E-state index in [0.29, 0.717) is 5.02 Å². The van der Waals surface area contributed by atoms with Crippen LogP contribution < -0.4 is 5.32 Å². The van der Waals surface area contributed by atoms with Gasteiger partial charge in [0.2, 0.25) is 0 Å². The van der Waals surface area contributed by atoms with Gasteiger partial charge in [-0.05, 0) is 20.0 Å². The van der Waals surface area contributed by atoms with Crippen molar-refractivity contribution in [1.82, 2.24) is 20.1 Å². The third-order valence-corrected chi connectivity index (χ3v) is 2.46. The minimum absolute atomic E-state index is 0.630. The molecule has 2 rings (SSSR count). The van der Waals surface area contributed by atoms with Crippen LogP contribution >= 0.6 is 11.6 Å². The molecule has 0 bridgehead atoms. The van der Waals surface area contributed by atoms with Gasteiger partial charge in [-0.2, -0.15) is 5.10 Å². The first-order chi connectivity index (χ1) is 7.70. The number of pyridine rings is 1. The largest absolute Gasteiger partial charge is 0.316 e. The Balaban J connectivity index is 2.48. The van der Waals surface area contributed by atoms with Gasteiger partial charge in [0, 0.05) is 30.2 Å². The standard InChI is InChI=1S/C11H13ClN4/c1-8-3-11(9(4-13-2)5-14-8)16-7-10(12)6-15-16/h3,5-7,13H,4H2,1-2H3. The molecule has 0 aliphatic rings. The molecule has 0 aliphatic carbocycles. The summed E-state index contributed by atoms with van der Waals surface area (Å²) in [5, 5.41) is 7.94. The van der Waals surface area contributed by atoms with Crippen molar-refractivity contribution in [3.63, 3.8) is 0 Å². The summed E-state index contributed by atoms with van der Waals surface area (Å²) in [5.41, 5.74) is 3.06. The Labute approximate surface area is 99.3 Å². The molecule has 2 aromatic heterocycles. The third-order valence-electron chi connectivity index (χ3n) is 2.26. The normalized spacial score (nSPS) is 10.7. The Morgan fingerprint density at radius 1 is 1.44 bits per heavy atom. The van der Waals surface area contributed by atoms with Crippen molar-refractivity contribution in [3.8, 4) is 5.69 Å². The van der Waals surface area contributed by atoms with E-state index in [2.05, 4.69) is 15.4 Å². The van der Waals surface area contributed by atoms with E-state index in [1.807, 2.05) is 26.2 Å². The summed E-state index contributed by atoms with van der Waals surface area (Å²) in [4.78, 5) is 4.28. The topological polar surface area (TPSA) is 42.7 Å². The number of rotatable bonds is 3. The molecule has 0 atom stereocenters. The van der Waals surface area contributed by atoms with E-state index < -0.39 is 0 Å². The fraction of sp³-hybridized carbons (Fsp3) is 0.273. The summed E-state index contributed by atoms with van der Waals surface area (Å²) in [6, 6.07) is 2.00. The Hall–Kier alpha value is -1.39. The zero-order valence-electron chi connectivity index (χ0n) is 9.24. The van der Waals surface area contributed by atoms with Crippen LogP contribution in [0.25, 0.3) is 5.69 Å². The fourth-order valence-corrected chi connectivity index (χ4v) is 1.68. The van der Waals surface area contributed by atoms with Gasteiger partial charge in [-0.15, -0.1) is 0 Å². The monoisotopic (exact) mass is 236 g/mol. The zero-order chi connectivity index (χ0) is 11.5. The molecule has 0 aliphatic heterocycles. The van der Waals surface area contributed by atoms with Crippen molar-refractivity contribution in [2.24, 2.45) is 0 Å². The first-order valence-corrected chi connectivity index (χ1v) is 5.39. The molecule has 4 nitrogen and oxygen atoms in total. The molecular weight excluding hydrogens is 224 g/mol. The predicted molar refractivity (Wildman–Crippen MR) is 63.9 cm³/mol. The van der Waals surface area contributed by atoms with Crippen molar-refractivity contribution in [2.75, 3.05) is 7.05 Å². The maximum atomic E-state index is 5.86. The SMILES string of the molecule is CNCc1cnc(C)cc1-n1cc(Cl)cn1. The molecule has 0 aromatic carbocycles. The quantitative estimate of drug-likeness (QED) is 0.886. The minimum Gasteiger partial charge on any atom is -0.316 e. The first kappa shape index (κ1) is 11.1. The first-order valence-electron chi connectivity index (χ1n) is 5.01. The highest BCUT2D eigenvalue weighted by molar-refractivity contribution is 6.30. The number of hydrogen-bond acceptors (Lipinski definition) is 3. The lowest BCUT2D eigenvalue weighted by molar-refractivity contribution is 0.781. The van der Waals surface area contributed by atoms with Crippen LogP contribution in [0.2, 0.25) is 5.02 Å². The van der Waals surface area contributed by atoms with Gasteiger partial charge in [0.25, 0.3) is 0 Å². The maximum absolute atomic E-state index is 5.86. The highest BCUT2D eigenvalue weighted by Gasteiger charge is 2.06. The number of hydrogen-bond donors (Lipinski definition) is 1. The van der Waals surface area contributed by atoms with Crippen molar-refractivity contribution in [2.45, 2.75) is 13.5 Å². The van der Waals surface area contributed by atoms with Crippen LogP contribution in [0.4, 0.5) is 0 Å². The summed E-state index contributed by atoms with van der Waals surface area (Å²) in [6.07, 6.45) is 5.27. The van der Waals surface area contributed by atoms with E-state index in [4.69, 9.17) is 11.6 Å². The second kappa shape index (κ2) is 4.63. The van der Waals surface area contributed by atoms with Gasteiger partial charge >= 0.3 is 0 Å². The van der Waals surface area contributed by atoms with Crippen LogP contribution in [-0.2, 0) is 6.54 Å². The van der Waals surface area contributed by atoms with E-state index in [9.17, 15) is 0 Å². The van der Waals surface area contributed by atoms with Crippen molar-refractivity contribution < 1.29 is 0 Å². The summed E-state index contributed by atoms with van der Waals surface area (Å²) in [7, 11) is 1.90. The summed E-state index contributed by atoms with van der Waals surface area (Å²) < 4.78 is 1.77. The average Bonchev–Trinajstić information content (AvgIpc) is 2.68. The van der Waals surface area contributed by atoms with Crippen LogP contribution in [-0.4, -0.2) is 21.8 Å². The number of aromatic nitrogens is 3. The average molecular weight is 237 g/mol. The molecule has 0 spiro atoms. The van der Waals surface area contributed by atoms with Gasteiger partial charge in [-0.25, -0.2) is 4.68 Å².